The number of likely N-dealkylation sites (N-methyl/N-ethyl adjacent to an activating group) is 1. The molecule has 0 aliphatic carbocycles. The Balaban J connectivity index is 2.11. The van der Waals surface area contributed by atoms with E-state index in [-0.39, 0.29) is 11.9 Å². The highest BCUT2D eigenvalue weighted by molar-refractivity contribution is 5.61. The SMILES string of the molecule is CCN(CC1CCCO1)c1nc2ccccn2c(=O)c1[N+](=O)[O-]. The predicted molar refractivity (Wildman–Crippen MR) is 85.0 cm³/mol. The van der Waals surface area contributed by atoms with E-state index in [1.54, 1.807) is 23.1 Å². The molecule has 1 atom stereocenters. The van der Waals surface area contributed by atoms with Gasteiger partial charge in [-0.2, -0.15) is 0 Å². The summed E-state index contributed by atoms with van der Waals surface area (Å²) in [6.45, 7) is 3.59. The number of rotatable bonds is 5. The van der Waals surface area contributed by atoms with Gasteiger partial charge in [0.2, 0.25) is 5.82 Å². The second-order valence-corrected chi connectivity index (χ2v) is 5.45. The first-order valence-corrected chi connectivity index (χ1v) is 7.64. The normalized spacial score (nSPS) is 17.5. The monoisotopic (exact) mass is 318 g/mol. The van der Waals surface area contributed by atoms with Gasteiger partial charge in [0.1, 0.15) is 5.65 Å². The second-order valence-electron chi connectivity index (χ2n) is 5.45. The Morgan fingerprint density at radius 2 is 2.35 bits per heavy atom. The van der Waals surface area contributed by atoms with Crippen molar-refractivity contribution < 1.29 is 9.66 Å². The zero-order valence-electron chi connectivity index (χ0n) is 12.8. The van der Waals surface area contributed by atoms with E-state index >= 15 is 0 Å². The molecule has 1 fully saturated rings. The summed E-state index contributed by atoms with van der Waals surface area (Å²) in [6.07, 6.45) is 3.40. The Kier molecular flexibility index (Phi) is 4.24. The fraction of sp³-hybridized carbons (Fsp3) is 0.467. The number of aromatic nitrogens is 2. The molecule has 0 bridgehead atoms. The van der Waals surface area contributed by atoms with E-state index in [1.807, 2.05) is 6.92 Å². The van der Waals surface area contributed by atoms with Gasteiger partial charge < -0.3 is 9.64 Å². The number of hydrogen-bond acceptors (Lipinski definition) is 6. The average molecular weight is 318 g/mol. The summed E-state index contributed by atoms with van der Waals surface area (Å²) in [5, 5.41) is 11.4. The molecule has 0 amide bonds. The Hall–Kier alpha value is -2.48. The fourth-order valence-corrected chi connectivity index (χ4v) is 2.85. The van der Waals surface area contributed by atoms with E-state index in [2.05, 4.69) is 4.98 Å². The lowest BCUT2D eigenvalue weighted by Crippen LogP contribution is -2.35. The summed E-state index contributed by atoms with van der Waals surface area (Å²) in [7, 11) is 0. The lowest BCUT2D eigenvalue weighted by molar-refractivity contribution is -0.385. The molecule has 0 radical (unpaired) electrons. The number of anilines is 1. The molecule has 0 N–H and O–H groups in total. The summed E-state index contributed by atoms with van der Waals surface area (Å²) in [6, 6.07) is 5.05. The van der Waals surface area contributed by atoms with Gasteiger partial charge in [-0.25, -0.2) is 4.98 Å². The molecule has 0 aromatic carbocycles. The Bertz CT molecular complexity index is 783. The van der Waals surface area contributed by atoms with E-state index in [4.69, 9.17) is 4.74 Å². The van der Waals surface area contributed by atoms with E-state index in [0.717, 1.165) is 12.8 Å². The van der Waals surface area contributed by atoms with E-state index in [1.165, 1.54) is 10.6 Å². The van der Waals surface area contributed by atoms with Crippen LogP contribution in [0.5, 0.6) is 0 Å². The minimum absolute atomic E-state index is 0.0191. The highest BCUT2D eigenvalue weighted by Gasteiger charge is 2.29. The van der Waals surface area contributed by atoms with Crippen LogP contribution in [0.25, 0.3) is 5.65 Å². The molecule has 3 heterocycles. The fourth-order valence-electron chi connectivity index (χ4n) is 2.85. The first-order valence-electron chi connectivity index (χ1n) is 7.64. The van der Waals surface area contributed by atoms with Crippen molar-refractivity contribution in [2.45, 2.75) is 25.9 Å². The number of nitrogens with zero attached hydrogens (tertiary/aromatic N) is 4. The van der Waals surface area contributed by atoms with Crippen LogP contribution in [0.4, 0.5) is 11.5 Å². The van der Waals surface area contributed by atoms with Gasteiger partial charge in [-0.1, -0.05) is 6.07 Å². The summed E-state index contributed by atoms with van der Waals surface area (Å²) >= 11 is 0. The molecule has 1 unspecified atom stereocenters. The molecule has 122 valence electrons. The standard InChI is InChI=1S/C15H18N4O4/c1-2-17(10-11-6-5-9-23-11)14-13(19(21)22)15(20)18-8-4-3-7-12(18)16-14/h3-4,7-8,11H,2,5-6,9-10H2,1H3. The lowest BCUT2D eigenvalue weighted by Gasteiger charge is -2.24. The molecule has 1 saturated heterocycles. The molecular weight excluding hydrogens is 300 g/mol. The maximum Gasteiger partial charge on any atom is 0.376 e. The zero-order chi connectivity index (χ0) is 16.4. The van der Waals surface area contributed by atoms with Crippen molar-refractivity contribution in [2.75, 3.05) is 24.6 Å². The number of pyridine rings is 1. The van der Waals surface area contributed by atoms with Crippen molar-refractivity contribution in [2.24, 2.45) is 0 Å². The Morgan fingerprint density at radius 3 is 3.00 bits per heavy atom. The second kappa shape index (κ2) is 6.33. The van der Waals surface area contributed by atoms with Crippen LogP contribution in [0.15, 0.2) is 29.2 Å². The molecular formula is C15H18N4O4. The highest BCUT2D eigenvalue weighted by atomic mass is 16.6. The molecule has 8 nitrogen and oxygen atoms in total. The van der Waals surface area contributed by atoms with Crippen LogP contribution >= 0.6 is 0 Å². The van der Waals surface area contributed by atoms with Crippen LogP contribution in [0.2, 0.25) is 0 Å². The smallest absolute Gasteiger partial charge is 0.376 e. The predicted octanol–water partition coefficient (Wildman–Crippen LogP) is 1.61. The van der Waals surface area contributed by atoms with Gasteiger partial charge in [0.05, 0.1) is 11.0 Å². The zero-order valence-corrected chi connectivity index (χ0v) is 12.8. The summed E-state index contributed by atoms with van der Waals surface area (Å²) < 4.78 is 6.80. The van der Waals surface area contributed by atoms with Crippen LogP contribution < -0.4 is 10.5 Å². The van der Waals surface area contributed by atoms with Crippen molar-refractivity contribution in [3.8, 4) is 0 Å². The van der Waals surface area contributed by atoms with Gasteiger partial charge in [0.25, 0.3) is 0 Å². The van der Waals surface area contributed by atoms with Gasteiger partial charge in [-0.05, 0) is 31.9 Å². The Morgan fingerprint density at radius 1 is 1.52 bits per heavy atom. The molecule has 0 saturated carbocycles. The number of nitro groups is 1. The topological polar surface area (TPSA) is 90.0 Å². The molecule has 1 aliphatic heterocycles. The first kappa shape index (κ1) is 15.4. The van der Waals surface area contributed by atoms with Crippen molar-refractivity contribution in [1.82, 2.24) is 9.38 Å². The molecule has 1 aliphatic rings. The van der Waals surface area contributed by atoms with Crippen molar-refractivity contribution in [3.05, 3.63) is 44.9 Å². The van der Waals surface area contributed by atoms with E-state index in [0.29, 0.717) is 25.3 Å². The minimum atomic E-state index is -0.665. The summed E-state index contributed by atoms with van der Waals surface area (Å²) in [4.78, 5) is 29.4. The van der Waals surface area contributed by atoms with Crippen LogP contribution in [-0.4, -0.2) is 40.1 Å². The third kappa shape index (κ3) is 2.89. The number of ether oxygens (including phenoxy) is 1. The van der Waals surface area contributed by atoms with Crippen molar-refractivity contribution in [3.63, 3.8) is 0 Å². The van der Waals surface area contributed by atoms with Crippen LogP contribution in [0, 0.1) is 10.1 Å². The first-order chi connectivity index (χ1) is 11.1. The largest absolute Gasteiger partial charge is 0.376 e. The quantitative estimate of drug-likeness (QED) is 0.614. The third-order valence-corrected chi connectivity index (χ3v) is 4.00. The van der Waals surface area contributed by atoms with Gasteiger partial charge >= 0.3 is 11.2 Å². The molecule has 3 rings (SSSR count). The Labute approximate surface area is 132 Å². The summed E-state index contributed by atoms with van der Waals surface area (Å²) in [5.74, 6) is 0.115. The molecule has 2 aromatic heterocycles. The van der Waals surface area contributed by atoms with Gasteiger partial charge in [-0.3, -0.25) is 19.3 Å². The van der Waals surface area contributed by atoms with Crippen LogP contribution in [-0.2, 0) is 4.74 Å². The van der Waals surface area contributed by atoms with Gasteiger partial charge in [-0.15, -0.1) is 0 Å². The maximum absolute atomic E-state index is 12.5. The van der Waals surface area contributed by atoms with Gasteiger partial charge in [0.15, 0.2) is 0 Å². The van der Waals surface area contributed by atoms with E-state index in [9.17, 15) is 14.9 Å². The summed E-state index contributed by atoms with van der Waals surface area (Å²) in [5.41, 5.74) is -0.765. The average Bonchev–Trinajstić information content (AvgIpc) is 3.05. The lowest BCUT2D eigenvalue weighted by atomic mass is 10.2. The van der Waals surface area contributed by atoms with Crippen molar-refractivity contribution >= 4 is 17.2 Å². The number of hydrogen-bond donors (Lipinski definition) is 0. The highest BCUT2D eigenvalue weighted by Crippen LogP contribution is 2.24. The maximum atomic E-state index is 12.5. The van der Waals surface area contributed by atoms with Crippen molar-refractivity contribution in [1.29, 1.82) is 0 Å². The third-order valence-electron chi connectivity index (χ3n) is 4.00. The molecule has 23 heavy (non-hydrogen) atoms. The van der Waals surface area contributed by atoms with E-state index < -0.39 is 16.2 Å². The molecule has 0 spiro atoms. The van der Waals surface area contributed by atoms with Gasteiger partial charge in [0, 0.05) is 25.9 Å². The number of fused-ring (bicyclic) bond motifs is 1. The minimum Gasteiger partial charge on any atom is -0.376 e. The van der Waals surface area contributed by atoms with Crippen LogP contribution in [0.1, 0.15) is 19.8 Å². The van der Waals surface area contributed by atoms with Crippen LogP contribution in [0.3, 0.4) is 0 Å². The molecule has 8 heteroatoms. The molecule has 2 aromatic rings.